The number of anilines is 1. The molecule has 0 fully saturated rings. The van der Waals surface area contributed by atoms with Crippen LogP contribution in [-0.4, -0.2) is 37.2 Å². The molecule has 1 N–H and O–H groups in total. The summed E-state index contributed by atoms with van der Waals surface area (Å²) in [7, 11) is 1.64. The van der Waals surface area contributed by atoms with Gasteiger partial charge in [-0.25, -0.2) is 4.79 Å². The van der Waals surface area contributed by atoms with E-state index in [2.05, 4.69) is 13.8 Å². The summed E-state index contributed by atoms with van der Waals surface area (Å²) < 4.78 is 4.77. The molecule has 5 heteroatoms. The highest BCUT2D eigenvalue weighted by Crippen LogP contribution is 2.19. The molecule has 1 aromatic rings. The van der Waals surface area contributed by atoms with Crippen molar-refractivity contribution in [2.24, 2.45) is 0 Å². The highest BCUT2D eigenvalue weighted by atomic mass is 16.5. The van der Waals surface area contributed by atoms with Crippen LogP contribution < -0.4 is 4.90 Å². The number of nitrogens with zero attached hydrogens (tertiary/aromatic N) is 1. The van der Waals surface area contributed by atoms with E-state index in [4.69, 9.17) is 9.84 Å². The van der Waals surface area contributed by atoms with Gasteiger partial charge in [-0.15, -0.1) is 0 Å². The van der Waals surface area contributed by atoms with Gasteiger partial charge in [-0.3, -0.25) is 4.79 Å². The van der Waals surface area contributed by atoms with Crippen molar-refractivity contribution in [3.63, 3.8) is 0 Å². The largest absolute Gasteiger partial charge is 0.480 e. The summed E-state index contributed by atoms with van der Waals surface area (Å²) in [6.45, 7) is 3.49. The first-order chi connectivity index (χ1) is 8.91. The molecule has 0 unspecified atom stereocenters. The number of rotatable bonds is 6. The molecule has 0 aromatic heterocycles. The van der Waals surface area contributed by atoms with Gasteiger partial charge in [0.1, 0.15) is 13.2 Å². The molecule has 0 aliphatic heterocycles. The van der Waals surface area contributed by atoms with Crippen LogP contribution in [0.4, 0.5) is 5.69 Å². The maximum atomic E-state index is 11.8. The lowest BCUT2D eigenvalue weighted by Crippen LogP contribution is -2.30. The third-order valence-electron chi connectivity index (χ3n) is 2.77. The Labute approximate surface area is 112 Å². The van der Waals surface area contributed by atoms with E-state index >= 15 is 0 Å². The van der Waals surface area contributed by atoms with Gasteiger partial charge in [-0.2, -0.15) is 0 Å². The molecular formula is C14H19NO4. The average molecular weight is 265 g/mol. The first-order valence-corrected chi connectivity index (χ1v) is 6.08. The van der Waals surface area contributed by atoms with Crippen LogP contribution in [0.15, 0.2) is 24.3 Å². The molecule has 0 saturated carbocycles. The fraction of sp³-hybridized carbons (Fsp3) is 0.429. The molecule has 1 amide bonds. The van der Waals surface area contributed by atoms with Gasteiger partial charge >= 0.3 is 5.97 Å². The maximum Gasteiger partial charge on any atom is 0.329 e. The second-order valence-corrected chi connectivity index (χ2v) is 4.59. The van der Waals surface area contributed by atoms with Crippen molar-refractivity contribution in [2.75, 3.05) is 25.2 Å². The lowest BCUT2D eigenvalue weighted by Gasteiger charge is -2.18. The van der Waals surface area contributed by atoms with Crippen LogP contribution in [0.3, 0.4) is 0 Å². The summed E-state index contributed by atoms with van der Waals surface area (Å²) in [4.78, 5) is 23.5. The van der Waals surface area contributed by atoms with Crippen molar-refractivity contribution in [2.45, 2.75) is 19.8 Å². The molecule has 0 heterocycles. The van der Waals surface area contributed by atoms with Crippen LogP contribution in [0.1, 0.15) is 25.3 Å². The summed E-state index contributed by atoms with van der Waals surface area (Å²) in [5, 5.41) is 8.41. The van der Waals surface area contributed by atoms with Gasteiger partial charge in [0, 0.05) is 12.7 Å². The zero-order valence-electron chi connectivity index (χ0n) is 11.4. The Bertz CT molecular complexity index is 439. The highest BCUT2D eigenvalue weighted by Gasteiger charge is 2.12. The number of carboxylic acid groups (broad SMARTS) is 1. The van der Waals surface area contributed by atoms with E-state index in [0.29, 0.717) is 5.92 Å². The van der Waals surface area contributed by atoms with Crippen LogP contribution in [0.25, 0.3) is 0 Å². The molecule has 0 aliphatic carbocycles. The van der Waals surface area contributed by atoms with E-state index in [1.165, 1.54) is 10.5 Å². The third-order valence-corrected chi connectivity index (χ3v) is 2.77. The van der Waals surface area contributed by atoms with Crippen LogP contribution in [0.2, 0.25) is 0 Å². The molecule has 0 radical (unpaired) electrons. The van der Waals surface area contributed by atoms with E-state index in [1.54, 1.807) is 7.05 Å². The Morgan fingerprint density at radius 2 is 1.79 bits per heavy atom. The molecule has 0 aliphatic rings. The quantitative estimate of drug-likeness (QED) is 0.852. The lowest BCUT2D eigenvalue weighted by atomic mass is 10.0. The highest BCUT2D eigenvalue weighted by molar-refractivity contribution is 5.93. The number of ether oxygens (including phenoxy) is 1. The lowest BCUT2D eigenvalue weighted by molar-refractivity contribution is -0.143. The molecule has 0 saturated heterocycles. The van der Waals surface area contributed by atoms with Gasteiger partial charge in [0.25, 0.3) is 5.91 Å². The van der Waals surface area contributed by atoms with Gasteiger partial charge in [-0.1, -0.05) is 26.0 Å². The molecular weight excluding hydrogens is 246 g/mol. The number of carbonyl (C=O) groups excluding carboxylic acids is 1. The first kappa shape index (κ1) is 15.2. The molecule has 1 rings (SSSR count). The Morgan fingerprint density at radius 3 is 2.26 bits per heavy atom. The molecule has 0 bridgehead atoms. The molecule has 5 nitrogen and oxygen atoms in total. The van der Waals surface area contributed by atoms with E-state index in [0.717, 1.165) is 5.69 Å². The fourth-order valence-corrected chi connectivity index (χ4v) is 1.55. The van der Waals surface area contributed by atoms with Gasteiger partial charge in [0.2, 0.25) is 0 Å². The van der Waals surface area contributed by atoms with Crippen molar-refractivity contribution < 1.29 is 19.4 Å². The number of hydrogen-bond acceptors (Lipinski definition) is 3. The molecule has 0 spiro atoms. The van der Waals surface area contributed by atoms with Crippen molar-refractivity contribution in [1.82, 2.24) is 0 Å². The Kier molecular flexibility index (Phi) is 5.51. The SMILES string of the molecule is CC(C)c1ccc(N(C)C(=O)COCC(=O)O)cc1. The van der Waals surface area contributed by atoms with Crippen molar-refractivity contribution in [1.29, 1.82) is 0 Å². The zero-order valence-corrected chi connectivity index (χ0v) is 11.4. The number of aliphatic carboxylic acids is 1. The Hall–Kier alpha value is -1.88. The maximum absolute atomic E-state index is 11.8. The Morgan fingerprint density at radius 1 is 1.21 bits per heavy atom. The van der Waals surface area contributed by atoms with E-state index in [9.17, 15) is 9.59 Å². The van der Waals surface area contributed by atoms with Crippen LogP contribution in [0.5, 0.6) is 0 Å². The molecule has 104 valence electrons. The van der Waals surface area contributed by atoms with Crippen molar-refractivity contribution in [3.05, 3.63) is 29.8 Å². The number of benzene rings is 1. The van der Waals surface area contributed by atoms with E-state index < -0.39 is 12.6 Å². The predicted octanol–water partition coefficient (Wildman–Crippen LogP) is 1.87. The number of hydrogen-bond donors (Lipinski definition) is 1. The number of likely N-dealkylation sites (N-methyl/N-ethyl adjacent to an activating group) is 1. The monoisotopic (exact) mass is 265 g/mol. The second kappa shape index (κ2) is 6.89. The molecule has 0 atom stereocenters. The predicted molar refractivity (Wildman–Crippen MR) is 72.4 cm³/mol. The molecule has 1 aromatic carbocycles. The number of carbonyl (C=O) groups is 2. The second-order valence-electron chi connectivity index (χ2n) is 4.59. The van der Waals surface area contributed by atoms with Gasteiger partial charge in [0.15, 0.2) is 0 Å². The van der Waals surface area contributed by atoms with Crippen LogP contribution in [-0.2, 0) is 14.3 Å². The van der Waals surface area contributed by atoms with Gasteiger partial charge < -0.3 is 14.7 Å². The minimum absolute atomic E-state index is 0.241. The zero-order chi connectivity index (χ0) is 14.4. The normalized spacial score (nSPS) is 10.5. The average Bonchev–Trinajstić information content (AvgIpc) is 2.37. The minimum atomic E-state index is -1.09. The fourth-order valence-electron chi connectivity index (χ4n) is 1.55. The van der Waals surface area contributed by atoms with Crippen LogP contribution in [0, 0.1) is 0 Å². The van der Waals surface area contributed by atoms with Crippen molar-refractivity contribution >= 4 is 17.6 Å². The number of carboxylic acids is 1. The summed E-state index contributed by atoms with van der Waals surface area (Å²) >= 11 is 0. The summed E-state index contributed by atoms with van der Waals surface area (Å²) in [6, 6.07) is 7.68. The summed E-state index contributed by atoms with van der Waals surface area (Å²) in [5.41, 5.74) is 1.96. The van der Waals surface area contributed by atoms with Crippen molar-refractivity contribution in [3.8, 4) is 0 Å². The summed E-state index contributed by atoms with van der Waals surface area (Å²) in [6.07, 6.45) is 0. The minimum Gasteiger partial charge on any atom is -0.480 e. The molecule has 19 heavy (non-hydrogen) atoms. The van der Waals surface area contributed by atoms with Gasteiger partial charge in [-0.05, 0) is 23.6 Å². The van der Waals surface area contributed by atoms with E-state index in [1.807, 2.05) is 24.3 Å². The Balaban J connectivity index is 2.58. The third kappa shape index (κ3) is 4.71. The van der Waals surface area contributed by atoms with E-state index in [-0.39, 0.29) is 12.5 Å². The van der Waals surface area contributed by atoms with Crippen LogP contribution >= 0.6 is 0 Å². The topological polar surface area (TPSA) is 66.8 Å². The van der Waals surface area contributed by atoms with Gasteiger partial charge in [0.05, 0.1) is 0 Å². The summed E-state index contributed by atoms with van der Waals surface area (Å²) in [5.74, 6) is -0.927. The number of amides is 1. The first-order valence-electron chi connectivity index (χ1n) is 6.08. The smallest absolute Gasteiger partial charge is 0.329 e. The standard InChI is InChI=1S/C14H19NO4/c1-10(2)11-4-6-12(7-5-11)15(3)13(16)8-19-9-14(17)18/h4-7,10H,8-9H2,1-3H3,(H,17,18).